The number of carbonyl (C=O) groups is 1. The lowest BCUT2D eigenvalue weighted by molar-refractivity contribution is -0.128. The third kappa shape index (κ3) is 7.65. The van der Waals surface area contributed by atoms with E-state index in [0.717, 1.165) is 31.0 Å². The normalized spacial score (nSPS) is 14.9. The van der Waals surface area contributed by atoms with Gasteiger partial charge in [0.05, 0.1) is 12.1 Å². The number of amides is 1. The van der Waals surface area contributed by atoms with Crippen LogP contribution in [0.4, 0.5) is 0 Å². The quantitative estimate of drug-likeness (QED) is 0.336. The van der Waals surface area contributed by atoms with Crippen molar-refractivity contribution in [1.82, 2.24) is 15.5 Å². The number of rotatable bonds is 8. The zero-order chi connectivity index (χ0) is 19.0. The van der Waals surface area contributed by atoms with Crippen LogP contribution in [0.3, 0.4) is 0 Å². The molecular formula is C20H33IN4O2. The minimum absolute atomic E-state index is 0. The van der Waals surface area contributed by atoms with Crippen LogP contribution < -0.4 is 10.6 Å². The van der Waals surface area contributed by atoms with Crippen LogP contribution in [0.25, 0.3) is 0 Å². The molecule has 1 aromatic rings. The van der Waals surface area contributed by atoms with Crippen molar-refractivity contribution in [3.8, 4) is 0 Å². The minimum Gasteiger partial charge on any atom is -0.377 e. The Morgan fingerprint density at radius 3 is 2.56 bits per heavy atom. The van der Waals surface area contributed by atoms with Crippen LogP contribution in [-0.2, 0) is 22.6 Å². The van der Waals surface area contributed by atoms with Crippen molar-refractivity contribution in [2.24, 2.45) is 4.99 Å². The summed E-state index contributed by atoms with van der Waals surface area (Å²) in [4.78, 5) is 18.6. The maximum absolute atomic E-state index is 11.9. The molecule has 1 heterocycles. The third-order valence-electron chi connectivity index (χ3n) is 4.64. The Morgan fingerprint density at radius 1 is 1.26 bits per heavy atom. The fourth-order valence-corrected chi connectivity index (χ4v) is 2.82. The SMILES string of the molecule is CCNC(=NCc1ccccc1CN1CCCC1=O)NCC(C)(C)OC.I. The molecule has 0 saturated carbocycles. The smallest absolute Gasteiger partial charge is 0.222 e. The molecule has 7 heteroatoms. The zero-order valence-electron chi connectivity index (χ0n) is 16.9. The molecule has 1 saturated heterocycles. The van der Waals surface area contributed by atoms with E-state index in [4.69, 9.17) is 9.73 Å². The molecule has 6 nitrogen and oxygen atoms in total. The second-order valence-corrected chi connectivity index (χ2v) is 7.20. The second-order valence-electron chi connectivity index (χ2n) is 7.20. The maximum Gasteiger partial charge on any atom is 0.222 e. The lowest BCUT2D eigenvalue weighted by Gasteiger charge is -2.24. The first-order valence-corrected chi connectivity index (χ1v) is 9.37. The summed E-state index contributed by atoms with van der Waals surface area (Å²) < 4.78 is 5.45. The molecule has 2 N–H and O–H groups in total. The zero-order valence-corrected chi connectivity index (χ0v) is 19.2. The van der Waals surface area contributed by atoms with Gasteiger partial charge >= 0.3 is 0 Å². The van der Waals surface area contributed by atoms with Gasteiger partial charge in [-0.05, 0) is 38.3 Å². The molecule has 0 unspecified atom stereocenters. The Kier molecular flexibility index (Phi) is 10.1. The number of aliphatic imine (C=N–C) groups is 1. The second kappa shape index (κ2) is 11.5. The fourth-order valence-electron chi connectivity index (χ4n) is 2.82. The summed E-state index contributed by atoms with van der Waals surface area (Å²) in [5.74, 6) is 1.02. The van der Waals surface area contributed by atoms with E-state index in [0.29, 0.717) is 26.1 Å². The Balaban J connectivity index is 0.00000364. The van der Waals surface area contributed by atoms with E-state index in [9.17, 15) is 4.79 Å². The topological polar surface area (TPSA) is 66.0 Å². The molecule has 0 bridgehead atoms. The average molecular weight is 488 g/mol. The fraction of sp³-hybridized carbons (Fsp3) is 0.600. The first-order chi connectivity index (χ1) is 12.4. The molecule has 1 aromatic carbocycles. The number of hydrogen-bond donors (Lipinski definition) is 2. The number of hydrogen-bond acceptors (Lipinski definition) is 3. The summed E-state index contributed by atoms with van der Waals surface area (Å²) in [5.41, 5.74) is 2.06. The van der Waals surface area contributed by atoms with Gasteiger partial charge in [-0.1, -0.05) is 24.3 Å². The first kappa shape index (κ1) is 23.7. The number of carbonyl (C=O) groups excluding carboxylic acids is 1. The van der Waals surface area contributed by atoms with Gasteiger partial charge in [0, 0.05) is 39.7 Å². The van der Waals surface area contributed by atoms with Crippen molar-refractivity contribution in [2.75, 3.05) is 26.7 Å². The van der Waals surface area contributed by atoms with Crippen LogP contribution in [0.2, 0.25) is 0 Å². The monoisotopic (exact) mass is 488 g/mol. The summed E-state index contributed by atoms with van der Waals surface area (Å²) in [6.07, 6.45) is 1.63. The van der Waals surface area contributed by atoms with Crippen LogP contribution in [0, 0.1) is 0 Å². The molecule has 0 aromatic heterocycles. The number of nitrogens with zero attached hydrogens (tertiary/aromatic N) is 2. The van der Waals surface area contributed by atoms with Gasteiger partial charge in [-0.2, -0.15) is 0 Å². The van der Waals surface area contributed by atoms with Gasteiger partial charge in [-0.15, -0.1) is 24.0 Å². The van der Waals surface area contributed by atoms with E-state index >= 15 is 0 Å². The van der Waals surface area contributed by atoms with E-state index in [2.05, 4.69) is 22.8 Å². The average Bonchev–Trinajstić information content (AvgIpc) is 3.03. The predicted molar refractivity (Wildman–Crippen MR) is 120 cm³/mol. The Bertz CT molecular complexity index is 634. The van der Waals surface area contributed by atoms with Gasteiger partial charge in [0.15, 0.2) is 5.96 Å². The van der Waals surface area contributed by atoms with Crippen molar-refractivity contribution in [2.45, 2.75) is 52.3 Å². The van der Waals surface area contributed by atoms with Crippen molar-refractivity contribution in [1.29, 1.82) is 0 Å². The molecule has 0 aliphatic carbocycles. The minimum atomic E-state index is -0.260. The highest BCUT2D eigenvalue weighted by molar-refractivity contribution is 14.0. The van der Waals surface area contributed by atoms with Crippen LogP contribution in [-0.4, -0.2) is 49.1 Å². The molecule has 1 aliphatic rings. The maximum atomic E-state index is 11.9. The number of likely N-dealkylation sites (tertiary alicyclic amines) is 1. The molecule has 0 spiro atoms. The number of methoxy groups -OCH3 is 1. The van der Waals surface area contributed by atoms with Crippen LogP contribution >= 0.6 is 24.0 Å². The summed E-state index contributed by atoms with van der Waals surface area (Å²) in [6, 6.07) is 8.22. The van der Waals surface area contributed by atoms with Gasteiger partial charge in [0.25, 0.3) is 0 Å². The molecule has 0 radical (unpaired) electrons. The van der Waals surface area contributed by atoms with Gasteiger partial charge in [0.1, 0.15) is 0 Å². The molecule has 1 fully saturated rings. The number of nitrogens with one attached hydrogen (secondary N) is 2. The van der Waals surface area contributed by atoms with Crippen LogP contribution in [0.1, 0.15) is 44.7 Å². The highest BCUT2D eigenvalue weighted by atomic mass is 127. The predicted octanol–water partition coefficient (Wildman–Crippen LogP) is 2.91. The number of ether oxygens (including phenoxy) is 1. The third-order valence-corrected chi connectivity index (χ3v) is 4.64. The largest absolute Gasteiger partial charge is 0.377 e. The summed E-state index contributed by atoms with van der Waals surface area (Å²) in [5, 5.41) is 6.60. The van der Waals surface area contributed by atoms with Gasteiger partial charge < -0.3 is 20.3 Å². The number of benzene rings is 1. The van der Waals surface area contributed by atoms with E-state index in [1.807, 2.05) is 37.8 Å². The van der Waals surface area contributed by atoms with E-state index in [-0.39, 0.29) is 35.5 Å². The standard InChI is InChI=1S/C20H32N4O2.HI/c1-5-21-19(23-15-20(2,3)26-4)22-13-16-9-6-7-10-17(16)14-24-12-8-11-18(24)25;/h6-7,9-10H,5,8,11-15H2,1-4H3,(H2,21,22,23);1H. The van der Waals surface area contributed by atoms with E-state index in [1.165, 1.54) is 5.56 Å². The molecule has 1 aliphatic heterocycles. The van der Waals surface area contributed by atoms with Crippen molar-refractivity contribution >= 4 is 35.8 Å². The lowest BCUT2D eigenvalue weighted by atomic mass is 10.1. The summed E-state index contributed by atoms with van der Waals surface area (Å²) in [7, 11) is 1.71. The Morgan fingerprint density at radius 2 is 1.96 bits per heavy atom. The highest BCUT2D eigenvalue weighted by Crippen LogP contribution is 2.17. The van der Waals surface area contributed by atoms with Gasteiger partial charge in [0.2, 0.25) is 5.91 Å². The first-order valence-electron chi connectivity index (χ1n) is 9.37. The Labute approximate surface area is 180 Å². The van der Waals surface area contributed by atoms with Crippen molar-refractivity contribution in [3.63, 3.8) is 0 Å². The highest BCUT2D eigenvalue weighted by Gasteiger charge is 2.21. The molecule has 152 valence electrons. The van der Waals surface area contributed by atoms with Gasteiger partial charge in [-0.3, -0.25) is 4.79 Å². The summed E-state index contributed by atoms with van der Waals surface area (Å²) >= 11 is 0. The molecular weight excluding hydrogens is 455 g/mol. The van der Waals surface area contributed by atoms with E-state index < -0.39 is 0 Å². The van der Waals surface area contributed by atoms with E-state index in [1.54, 1.807) is 7.11 Å². The van der Waals surface area contributed by atoms with Crippen LogP contribution in [0.15, 0.2) is 29.3 Å². The molecule has 27 heavy (non-hydrogen) atoms. The lowest BCUT2D eigenvalue weighted by Crippen LogP contribution is -2.45. The van der Waals surface area contributed by atoms with Gasteiger partial charge in [-0.25, -0.2) is 4.99 Å². The number of guanidine groups is 1. The van der Waals surface area contributed by atoms with Crippen molar-refractivity contribution in [3.05, 3.63) is 35.4 Å². The van der Waals surface area contributed by atoms with Crippen molar-refractivity contribution < 1.29 is 9.53 Å². The molecule has 0 atom stereocenters. The summed E-state index contributed by atoms with van der Waals surface area (Å²) in [6.45, 7) is 9.67. The molecule has 1 amide bonds. The Hall–Kier alpha value is -1.35. The van der Waals surface area contributed by atoms with Crippen LogP contribution in [0.5, 0.6) is 0 Å². The number of halogens is 1. The molecule has 2 rings (SSSR count).